The van der Waals surface area contributed by atoms with Gasteiger partial charge in [-0.15, -0.1) is 0 Å². The van der Waals surface area contributed by atoms with Gasteiger partial charge < -0.3 is 14.5 Å². The number of piperidine rings is 1. The number of benzene rings is 1. The first-order valence-corrected chi connectivity index (χ1v) is 9.74. The molecule has 7 nitrogen and oxygen atoms in total. The number of hydrogen-bond acceptors (Lipinski definition) is 4. The van der Waals surface area contributed by atoms with Crippen molar-refractivity contribution in [3.63, 3.8) is 0 Å². The van der Waals surface area contributed by atoms with E-state index < -0.39 is 11.7 Å². The maximum Gasteiger partial charge on any atom is 0.416 e. The molecule has 30 heavy (non-hydrogen) atoms. The Kier molecular flexibility index (Phi) is 6.64. The van der Waals surface area contributed by atoms with E-state index in [0.717, 1.165) is 12.1 Å². The van der Waals surface area contributed by atoms with Crippen LogP contribution in [-0.2, 0) is 26.9 Å². The minimum Gasteiger partial charge on any atom is -0.383 e. The SMILES string of the molecule is COCCN1C(=O)CN(C2CCN(C(=O)Cc3ccc(C(F)(F)F)cc3)CC2)C1=O. The summed E-state index contributed by atoms with van der Waals surface area (Å²) in [6.07, 6.45) is -3.28. The molecule has 0 saturated carbocycles. The second-order valence-corrected chi connectivity index (χ2v) is 7.43. The summed E-state index contributed by atoms with van der Waals surface area (Å²) in [5.41, 5.74) is -0.229. The number of carbonyl (C=O) groups is 3. The maximum absolute atomic E-state index is 12.6. The number of rotatable bonds is 6. The number of methoxy groups -OCH3 is 1. The average Bonchev–Trinajstić information content (AvgIpc) is 3.00. The van der Waals surface area contributed by atoms with Gasteiger partial charge in [0.15, 0.2) is 0 Å². The molecule has 2 saturated heterocycles. The Morgan fingerprint density at radius 3 is 2.33 bits per heavy atom. The molecule has 2 aliphatic heterocycles. The summed E-state index contributed by atoms with van der Waals surface area (Å²) in [6, 6.07) is 4.13. The van der Waals surface area contributed by atoms with Gasteiger partial charge in [0.2, 0.25) is 11.8 Å². The van der Waals surface area contributed by atoms with Gasteiger partial charge in [0.1, 0.15) is 6.54 Å². The summed E-state index contributed by atoms with van der Waals surface area (Å²) in [7, 11) is 1.50. The minimum atomic E-state index is -4.40. The van der Waals surface area contributed by atoms with Crippen LogP contribution in [0.15, 0.2) is 24.3 Å². The van der Waals surface area contributed by atoms with Crippen molar-refractivity contribution in [2.45, 2.75) is 31.5 Å². The third-order valence-electron chi connectivity index (χ3n) is 5.50. The molecule has 0 aromatic heterocycles. The largest absolute Gasteiger partial charge is 0.416 e. The lowest BCUT2D eigenvalue weighted by atomic mass is 10.0. The van der Waals surface area contributed by atoms with Crippen LogP contribution < -0.4 is 0 Å². The second-order valence-electron chi connectivity index (χ2n) is 7.43. The first kappa shape index (κ1) is 22.1. The van der Waals surface area contributed by atoms with Crippen LogP contribution in [0.25, 0.3) is 0 Å². The number of alkyl halides is 3. The highest BCUT2D eigenvalue weighted by Gasteiger charge is 2.40. The third-order valence-corrected chi connectivity index (χ3v) is 5.50. The number of imide groups is 1. The highest BCUT2D eigenvalue weighted by molar-refractivity contribution is 6.02. The third kappa shape index (κ3) is 4.92. The van der Waals surface area contributed by atoms with Crippen molar-refractivity contribution in [2.75, 3.05) is 39.9 Å². The van der Waals surface area contributed by atoms with Gasteiger partial charge in [-0.2, -0.15) is 13.2 Å². The Morgan fingerprint density at radius 1 is 1.13 bits per heavy atom. The Balaban J connectivity index is 1.51. The molecule has 1 aromatic carbocycles. The predicted molar refractivity (Wildman–Crippen MR) is 100 cm³/mol. The van der Waals surface area contributed by atoms with Gasteiger partial charge in [0, 0.05) is 26.2 Å². The molecule has 0 bridgehead atoms. The van der Waals surface area contributed by atoms with Crippen molar-refractivity contribution >= 4 is 17.8 Å². The van der Waals surface area contributed by atoms with E-state index in [-0.39, 0.29) is 50.0 Å². The zero-order valence-electron chi connectivity index (χ0n) is 16.7. The van der Waals surface area contributed by atoms with Crippen LogP contribution in [0.5, 0.6) is 0 Å². The van der Waals surface area contributed by atoms with E-state index in [9.17, 15) is 27.6 Å². The van der Waals surface area contributed by atoms with Crippen molar-refractivity contribution in [2.24, 2.45) is 0 Å². The van der Waals surface area contributed by atoms with Crippen molar-refractivity contribution in [1.82, 2.24) is 14.7 Å². The number of ether oxygens (including phenoxy) is 1. The molecule has 0 atom stereocenters. The molecule has 0 radical (unpaired) electrons. The quantitative estimate of drug-likeness (QED) is 0.653. The van der Waals surface area contributed by atoms with Crippen LogP contribution >= 0.6 is 0 Å². The van der Waals surface area contributed by atoms with E-state index in [1.807, 2.05) is 0 Å². The number of carbonyl (C=O) groups excluding carboxylic acids is 3. The number of urea groups is 1. The fourth-order valence-electron chi connectivity index (χ4n) is 3.77. The summed E-state index contributed by atoms with van der Waals surface area (Å²) < 4.78 is 42.9. The second kappa shape index (κ2) is 9.03. The van der Waals surface area contributed by atoms with Crippen LogP contribution in [0, 0.1) is 0 Å². The molecular formula is C20H24F3N3O4. The summed E-state index contributed by atoms with van der Waals surface area (Å²) in [4.78, 5) is 41.5. The van der Waals surface area contributed by atoms with Crippen molar-refractivity contribution < 1.29 is 32.3 Å². The normalized spacial score (nSPS) is 18.5. The van der Waals surface area contributed by atoms with Crippen molar-refractivity contribution in [3.05, 3.63) is 35.4 Å². The maximum atomic E-state index is 12.6. The molecular weight excluding hydrogens is 403 g/mol. The zero-order valence-corrected chi connectivity index (χ0v) is 16.7. The fourth-order valence-corrected chi connectivity index (χ4v) is 3.77. The zero-order chi connectivity index (χ0) is 21.9. The average molecular weight is 427 g/mol. The topological polar surface area (TPSA) is 70.2 Å². The van der Waals surface area contributed by atoms with Crippen LogP contribution in [0.2, 0.25) is 0 Å². The van der Waals surface area contributed by atoms with Crippen LogP contribution in [0.4, 0.5) is 18.0 Å². The number of likely N-dealkylation sites (tertiary alicyclic amines) is 1. The summed E-state index contributed by atoms with van der Waals surface area (Å²) >= 11 is 0. The Bertz CT molecular complexity index is 789. The number of hydrogen-bond donors (Lipinski definition) is 0. The number of nitrogens with zero attached hydrogens (tertiary/aromatic N) is 3. The number of halogens is 3. The molecule has 0 spiro atoms. The number of amides is 4. The van der Waals surface area contributed by atoms with Gasteiger partial charge in [-0.05, 0) is 30.5 Å². The first-order valence-electron chi connectivity index (χ1n) is 9.74. The van der Waals surface area contributed by atoms with Gasteiger partial charge in [0.25, 0.3) is 0 Å². The monoisotopic (exact) mass is 427 g/mol. The van der Waals surface area contributed by atoms with E-state index in [4.69, 9.17) is 4.74 Å². The van der Waals surface area contributed by atoms with E-state index in [2.05, 4.69) is 0 Å². The molecule has 2 aliphatic rings. The van der Waals surface area contributed by atoms with Gasteiger partial charge in [0.05, 0.1) is 25.1 Å². The van der Waals surface area contributed by atoms with E-state index in [0.29, 0.717) is 31.5 Å². The Hall–Kier alpha value is -2.62. The van der Waals surface area contributed by atoms with E-state index in [1.54, 1.807) is 9.80 Å². The lowest BCUT2D eigenvalue weighted by molar-refractivity contribution is -0.137. The molecule has 10 heteroatoms. The standard InChI is InChI=1S/C20H24F3N3O4/c1-30-11-10-25-18(28)13-26(19(25)29)16-6-8-24(9-7-16)17(27)12-14-2-4-15(5-3-14)20(21,22)23/h2-5,16H,6-13H2,1H3. The van der Waals surface area contributed by atoms with Crippen LogP contribution in [0.1, 0.15) is 24.0 Å². The van der Waals surface area contributed by atoms with Gasteiger partial charge in [-0.3, -0.25) is 14.5 Å². The Labute approximate surface area is 172 Å². The van der Waals surface area contributed by atoms with Gasteiger partial charge in [-0.25, -0.2) is 4.79 Å². The van der Waals surface area contributed by atoms with Crippen LogP contribution in [-0.4, -0.2) is 78.5 Å². The highest BCUT2D eigenvalue weighted by Crippen LogP contribution is 2.29. The van der Waals surface area contributed by atoms with Crippen molar-refractivity contribution in [3.8, 4) is 0 Å². The molecule has 2 heterocycles. The molecule has 0 N–H and O–H groups in total. The fraction of sp³-hybridized carbons (Fsp3) is 0.550. The molecule has 164 valence electrons. The molecule has 4 amide bonds. The first-order chi connectivity index (χ1) is 14.2. The summed E-state index contributed by atoms with van der Waals surface area (Å²) in [5, 5.41) is 0. The lowest BCUT2D eigenvalue weighted by Crippen LogP contribution is -2.48. The predicted octanol–water partition coefficient (Wildman–Crippen LogP) is 2.15. The van der Waals surface area contributed by atoms with E-state index >= 15 is 0 Å². The molecule has 0 aliphatic carbocycles. The Morgan fingerprint density at radius 2 is 1.77 bits per heavy atom. The summed E-state index contributed by atoms with van der Waals surface area (Å²) in [5.74, 6) is -0.420. The smallest absolute Gasteiger partial charge is 0.383 e. The molecule has 2 fully saturated rings. The van der Waals surface area contributed by atoms with Crippen LogP contribution in [0.3, 0.4) is 0 Å². The molecule has 3 rings (SSSR count). The van der Waals surface area contributed by atoms with Gasteiger partial charge >= 0.3 is 12.2 Å². The minimum absolute atomic E-state index is 0.0225. The lowest BCUT2D eigenvalue weighted by Gasteiger charge is -2.36. The molecule has 1 aromatic rings. The van der Waals surface area contributed by atoms with E-state index in [1.165, 1.54) is 24.1 Å². The highest BCUT2D eigenvalue weighted by atomic mass is 19.4. The van der Waals surface area contributed by atoms with Gasteiger partial charge in [-0.1, -0.05) is 12.1 Å². The van der Waals surface area contributed by atoms with Crippen molar-refractivity contribution in [1.29, 1.82) is 0 Å². The summed E-state index contributed by atoms with van der Waals surface area (Å²) in [6.45, 7) is 1.39. The molecule has 0 unspecified atom stereocenters.